The predicted molar refractivity (Wildman–Crippen MR) is 78.0 cm³/mol. The summed E-state index contributed by atoms with van der Waals surface area (Å²) in [5.74, 6) is 1.46. The summed E-state index contributed by atoms with van der Waals surface area (Å²) in [7, 11) is 1.88. The molecule has 0 amide bonds. The average molecular weight is 275 g/mol. The Hall–Kier alpha value is -2.01. The van der Waals surface area contributed by atoms with Gasteiger partial charge in [-0.3, -0.25) is 4.68 Å². The first-order valence-corrected chi connectivity index (χ1v) is 6.80. The van der Waals surface area contributed by atoms with Gasteiger partial charge in [0.1, 0.15) is 0 Å². The highest BCUT2D eigenvalue weighted by Crippen LogP contribution is 2.31. The lowest BCUT2D eigenvalue weighted by atomic mass is 10.0. The molecule has 0 radical (unpaired) electrons. The molecule has 0 saturated carbocycles. The molecule has 2 aromatic rings. The van der Waals surface area contributed by atoms with E-state index < -0.39 is 0 Å². The van der Waals surface area contributed by atoms with E-state index in [1.165, 1.54) is 0 Å². The first kappa shape index (κ1) is 14.4. The largest absolute Gasteiger partial charge is 0.490 e. The van der Waals surface area contributed by atoms with Gasteiger partial charge in [0.2, 0.25) is 0 Å². The average Bonchev–Trinajstić information content (AvgIpc) is 2.87. The molecule has 0 spiro atoms. The molecule has 0 aliphatic heterocycles. The number of rotatable bonds is 6. The van der Waals surface area contributed by atoms with Crippen molar-refractivity contribution in [3.63, 3.8) is 0 Å². The molecule has 0 aliphatic rings. The first-order chi connectivity index (χ1) is 9.65. The van der Waals surface area contributed by atoms with Gasteiger partial charge in [-0.25, -0.2) is 0 Å². The van der Waals surface area contributed by atoms with Gasteiger partial charge in [0.25, 0.3) is 0 Å². The highest BCUT2D eigenvalue weighted by atomic mass is 16.5. The second-order valence-corrected chi connectivity index (χ2v) is 4.46. The molecule has 5 nitrogen and oxygen atoms in total. The van der Waals surface area contributed by atoms with Gasteiger partial charge in [-0.2, -0.15) is 5.10 Å². The van der Waals surface area contributed by atoms with Crippen LogP contribution in [0.15, 0.2) is 30.5 Å². The minimum atomic E-state index is -0.272. The van der Waals surface area contributed by atoms with Crippen LogP contribution in [0.1, 0.15) is 31.1 Å². The number of nitrogens with two attached hydrogens (primary N) is 1. The van der Waals surface area contributed by atoms with Crippen LogP contribution in [0.2, 0.25) is 0 Å². The number of hydrogen-bond acceptors (Lipinski definition) is 4. The summed E-state index contributed by atoms with van der Waals surface area (Å²) >= 11 is 0. The van der Waals surface area contributed by atoms with Crippen LogP contribution in [0, 0.1) is 0 Å². The van der Waals surface area contributed by atoms with Crippen molar-refractivity contribution in [3.05, 3.63) is 41.7 Å². The standard InChI is InChI=1S/C15H21N3O2/c1-4-19-13-7-6-11(10-14(13)20-5-2)15(16)12-8-9-18(3)17-12/h6-10,15H,4-5,16H2,1-3H3. The maximum atomic E-state index is 6.25. The highest BCUT2D eigenvalue weighted by molar-refractivity contribution is 5.45. The zero-order chi connectivity index (χ0) is 14.5. The van der Waals surface area contributed by atoms with Crippen LogP contribution in [0.4, 0.5) is 0 Å². The number of aromatic nitrogens is 2. The molecule has 1 aromatic carbocycles. The van der Waals surface area contributed by atoms with E-state index in [1.807, 2.05) is 51.4 Å². The number of hydrogen-bond donors (Lipinski definition) is 1. The van der Waals surface area contributed by atoms with Crippen LogP contribution in [-0.4, -0.2) is 23.0 Å². The number of nitrogens with zero attached hydrogens (tertiary/aromatic N) is 2. The van der Waals surface area contributed by atoms with Crippen molar-refractivity contribution in [2.24, 2.45) is 12.8 Å². The lowest BCUT2D eigenvalue weighted by Gasteiger charge is -2.15. The van der Waals surface area contributed by atoms with E-state index in [2.05, 4.69) is 5.10 Å². The second-order valence-electron chi connectivity index (χ2n) is 4.46. The summed E-state index contributed by atoms with van der Waals surface area (Å²) in [6.45, 7) is 5.08. The predicted octanol–water partition coefficient (Wildman–Crippen LogP) is 2.27. The topological polar surface area (TPSA) is 62.3 Å². The Labute approximate surface area is 119 Å². The van der Waals surface area contributed by atoms with Gasteiger partial charge < -0.3 is 15.2 Å². The molecule has 1 heterocycles. The van der Waals surface area contributed by atoms with E-state index in [4.69, 9.17) is 15.2 Å². The van der Waals surface area contributed by atoms with E-state index in [-0.39, 0.29) is 6.04 Å². The molecule has 108 valence electrons. The quantitative estimate of drug-likeness (QED) is 0.878. The summed E-state index contributed by atoms with van der Waals surface area (Å²) in [5, 5.41) is 4.34. The van der Waals surface area contributed by atoms with Crippen molar-refractivity contribution in [2.45, 2.75) is 19.9 Å². The zero-order valence-electron chi connectivity index (χ0n) is 12.2. The van der Waals surface area contributed by atoms with E-state index >= 15 is 0 Å². The Morgan fingerprint density at radius 1 is 1.15 bits per heavy atom. The van der Waals surface area contributed by atoms with Gasteiger partial charge in [-0.05, 0) is 37.6 Å². The minimum Gasteiger partial charge on any atom is -0.490 e. The van der Waals surface area contributed by atoms with Gasteiger partial charge in [-0.1, -0.05) is 6.07 Å². The van der Waals surface area contributed by atoms with E-state index in [9.17, 15) is 0 Å². The lowest BCUT2D eigenvalue weighted by Crippen LogP contribution is -2.13. The Kier molecular flexibility index (Phi) is 4.63. The SMILES string of the molecule is CCOc1ccc(C(N)c2ccn(C)n2)cc1OCC. The molecule has 20 heavy (non-hydrogen) atoms. The van der Waals surface area contributed by atoms with Gasteiger partial charge in [0.05, 0.1) is 24.9 Å². The Morgan fingerprint density at radius 2 is 1.85 bits per heavy atom. The molecule has 0 fully saturated rings. The van der Waals surface area contributed by atoms with Crippen molar-refractivity contribution in [1.82, 2.24) is 9.78 Å². The number of ether oxygens (including phenoxy) is 2. The van der Waals surface area contributed by atoms with Crippen LogP contribution in [0.3, 0.4) is 0 Å². The van der Waals surface area contributed by atoms with Crippen molar-refractivity contribution >= 4 is 0 Å². The fraction of sp³-hybridized carbons (Fsp3) is 0.400. The van der Waals surface area contributed by atoms with Crippen LogP contribution in [0.25, 0.3) is 0 Å². The Morgan fingerprint density at radius 3 is 2.45 bits per heavy atom. The van der Waals surface area contributed by atoms with Crippen LogP contribution < -0.4 is 15.2 Å². The lowest BCUT2D eigenvalue weighted by molar-refractivity contribution is 0.287. The van der Waals surface area contributed by atoms with E-state index in [0.29, 0.717) is 13.2 Å². The molecule has 1 aromatic heterocycles. The third kappa shape index (κ3) is 3.11. The third-order valence-corrected chi connectivity index (χ3v) is 2.98. The van der Waals surface area contributed by atoms with Crippen LogP contribution in [0.5, 0.6) is 11.5 Å². The van der Waals surface area contributed by atoms with Crippen molar-refractivity contribution in [3.8, 4) is 11.5 Å². The monoisotopic (exact) mass is 275 g/mol. The summed E-state index contributed by atoms with van der Waals surface area (Å²) in [6.07, 6.45) is 1.88. The van der Waals surface area contributed by atoms with Crippen molar-refractivity contribution in [2.75, 3.05) is 13.2 Å². The maximum Gasteiger partial charge on any atom is 0.161 e. The van der Waals surface area contributed by atoms with Crippen LogP contribution >= 0.6 is 0 Å². The molecule has 0 aliphatic carbocycles. The van der Waals surface area contributed by atoms with E-state index in [0.717, 1.165) is 22.8 Å². The van der Waals surface area contributed by atoms with Gasteiger partial charge >= 0.3 is 0 Å². The fourth-order valence-corrected chi connectivity index (χ4v) is 2.03. The maximum absolute atomic E-state index is 6.25. The van der Waals surface area contributed by atoms with Gasteiger partial charge in [0, 0.05) is 13.2 Å². The highest BCUT2D eigenvalue weighted by Gasteiger charge is 2.14. The summed E-state index contributed by atoms with van der Waals surface area (Å²) in [6, 6.07) is 7.42. The fourth-order valence-electron chi connectivity index (χ4n) is 2.03. The molecule has 1 atom stereocenters. The van der Waals surface area contributed by atoms with Gasteiger partial charge in [0.15, 0.2) is 11.5 Å². The molecule has 2 N–H and O–H groups in total. The molecule has 0 saturated heterocycles. The minimum absolute atomic E-state index is 0.272. The summed E-state index contributed by atoms with van der Waals surface area (Å²) in [5.41, 5.74) is 8.03. The molecule has 2 rings (SSSR count). The van der Waals surface area contributed by atoms with Crippen molar-refractivity contribution < 1.29 is 9.47 Å². The molecule has 0 bridgehead atoms. The Bertz CT molecular complexity index is 566. The smallest absolute Gasteiger partial charge is 0.161 e. The molecular weight excluding hydrogens is 254 g/mol. The number of aryl methyl sites for hydroxylation is 1. The zero-order valence-corrected chi connectivity index (χ0v) is 12.2. The normalized spacial score (nSPS) is 12.2. The summed E-state index contributed by atoms with van der Waals surface area (Å²) in [4.78, 5) is 0. The van der Waals surface area contributed by atoms with Crippen LogP contribution in [-0.2, 0) is 7.05 Å². The Balaban J connectivity index is 2.29. The molecule has 1 unspecified atom stereocenters. The van der Waals surface area contributed by atoms with Crippen molar-refractivity contribution in [1.29, 1.82) is 0 Å². The second kappa shape index (κ2) is 6.43. The van der Waals surface area contributed by atoms with Gasteiger partial charge in [-0.15, -0.1) is 0 Å². The third-order valence-electron chi connectivity index (χ3n) is 2.98. The van der Waals surface area contributed by atoms with E-state index in [1.54, 1.807) is 4.68 Å². The first-order valence-electron chi connectivity index (χ1n) is 6.80. The molecule has 5 heteroatoms. The molecular formula is C15H21N3O2. The summed E-state index contributed by atoms with van der Waals surface area (Å²) < 4.78 is 12.9. The number of benzene rings is 1.